The smallest absolute Gasteiger partial charge is 0.0671 e. The summed E-state index contributed by atoms with van der Waals surface area (Å²) in [5.74, 6) is 0.907. The first-order valence-corrected chi connectivity index (χ1v) is 7.28. The van der Waals surface area contributed by atoms with Crippen LogP contribution in [0, 0.1) is 11.3 Å². The van der Waals surface area contributed by atoms with E-state index in [0.29, 0.717) is 11.5 Å². The van der Waals surface area contributed by atoms with E-state index in [1.54, 1.807) is 0 Å². The third-order valence-electron chi connectivity index (χ3n) is 4.10. The molecule has 102 valence electrons. The van der Waals surface area contributed by atoms with Crippen molar-refractivity contribution in [2.24, 2.45) is 11.3 Å². The molecule has 0 aromatic rings. The molecular formula is C15H31NO. The highest BCUT2D eigenvalue weighted by atomic mass is 16.5. The molecule has 0 heterocycles. The maximum absolute atomic E-state index is 5.55. The van der Waals surface area contributed by atoms with Gasteiger partial charge in [-0.1, -0.05) is 20.8 Å². The van der Waals surface area contributed by atoms with Crippen LogP contribution in [0.4, 0.5) is 0 Å². The lowest BCUT2D eigenvalue weighted by Gasteiger charge is -2.37. The lowest BCUT2D eigenvalue weighted by atomic mass is 9.71. The zero-order chi connectivity index (χ0) is 12.9. The Labute approximate surface area is 108 Å². The molecule has 0 saturated heterocycles. The highest BCUT2D eigenvalue weighted by Crippen LogP contribution is 2.37. The van der Waals surface area contributed by atoms with Gasteiger partial charge in [-0.2, -0.15) is 0 Å². The minimum Gasteiger partial charge on any atom is -0.377 e. The first kappa shape index (κ1) is 15.0. The molecule has 0 spiro atoms. The monoisotopic (exact) mass is 241 g/mol. The van der Waals surface area contributed by atoms with E-state index in [4.69, 9.17) is 4.74 Å². The number of ether oxygens (including phenoxy) is 1. The molecule has 0 radical (unpaired) electrons. The minimum atomic E-state index is 0.348. The Balaban J connectivity index is 2.19. The summed E-state index contributed by atoms with van der Waals surface area (Å²) >= 11 is 0. The van der Waals surface area contributed by atoms with Crippen LogP contribution in [0.5, 0.6) is 0 Å². The molecule has 0 aromatic heterocycles. The maximum atomic E-state index is 5.55. The van der Waals surface area contributed by atoms with Gasteiger partial charge in [0.2, 0.25) is 0 Å². The summed E-state index contributed by atoms with van der Waals surface area (Å²) < 4.78 is 5.55. The van der Waals surface area contributed by atoms with Crippen molar-refractivity contribution in [3.05, 3.63) is 0 Å². The van der Waals surface area contributed by atoms with Crippen LogP contribution in [0.1, 0.15) is 60.3 Å². The van der Waals surface area contributed by atoms with Gasteiger partial charge in [-0.15, -0.1) is 0 Å². The van der Waals surface area contributed by atoms with Gasteiger partial charge in [-0.25, -0.2) is 0 Å². The molecular weight excluding hydrogens is 210 g/mol. The highest BCUT2D eigenvalue weighted by Gasteiger charge is 2.29. The predicted octanol–water partition coefficient (Wildman–Crippen LogP) is 3.61. The Kier molecular flexibility index (Phi) is 5.94. The van der Waals surface area contributed by atoms with Crippen molar-refractivity contribution in [2.75, 3.05) is 13.2 Å². The fraction of sp³-hybridized carbons (Fsp3) is 1.00. The molecule has 1 aliphatic rings. The Morgan fingerprint density at radius 1 is 1.18 bits per heavy atom. The van der Waals surface area contributed by atoms with E-state index in [2.05, 4.69) is 39.9 Å². The topological polar surface area (TPSA) is 21.3 Å². The van der Waals surface area contributed by atoms with Crippen molar-refractivity contribution in [1.29, 1.82) is 0 Å². The van der Waals surface area contributed by atoms with Crippen LogP contribution < -0.4 is 5.32 Å². The highest BCUT2D eigenvalue weighted by molar-refractivity contribution is 4.83. The van der Waals surface area contributed by atoms with Crippen LogP contribution in [0.15, 0.2) is 0 Å². The van der Waals surface area contributed by atoms with Crippen LogP contribution >= 0.6 is 0 Å². The van der Waals surface area contributed by atoms with E-state index in [1.165, 1.54) is 25.7 Å². The molecule has 0 bridgehead atoms. The second kappa shape index (κ2) is 6.75. The molecule has 0 amide bonds. The van der Waals surface area contributed by atoms with Gasteiger partial charge in [0.15, 0.2) is 0 Å². The number of hydrogen-bond donors (Lipinski definition) is 1. The second-order valence-electron chi connectivity index (χ2n) is 6.59. The van der Waals surface area contributed by atoms with Crippen molar-refractivity contribution in [3.63, 3.8) is 0 Å². The second-order valence-corrected chi connectivity index (χ2v) is 6.59. The molecule has 2 heteroatoms. The van der Waals surface area contributed by atoms with Crippen LogP contribution in [0.2, 0.25) is 0 Å². The average Bonchev–Trinajstić information content (AvgIpc) is 2.26. The van der Waals surface area contributed by atoms with Gasteiger partial charge < -0.3 is 10.1 Å². The van der Waals surface area contributed by atoms with Gasteiger partial charge in [-0.3, -0.25) is 0 Å². The van der Waals surface area contributed by atoms with Gasteiger partial charge in [0.05, 0.1) is 6.10 Å². The number of hydrogen-bond acceptors (Lipinski definition) is 2. The molecule has 1 N–H and O–H groups in total. The molecule has 1 unspecified atom stereocenters. The van der Waals surface area contributed by atoms with Crippen molar-refractivity contribution in [1.82, 2.24) is 5.32 Å². The molecule has 17 heavy (non-hydrogen) atoms. The van der Waals surface area contributed by atoms with E-state index < -0.39 is 0 Å². The van der Waals surface area contributed by atoms with E-state index in [9.17, 15) is 0 Å². The Morgan fingerprint density at radius 2 is 1.76 bits per heavy atom. The zero-order valence-electron chi connectivity index (χ0n) is 12.4. The lowest BCUT2D eigenvalue weighted by molar-refractivity contribution is 0.0702. The molecule has 1 atom stereocenters. The molecule has 1 saturated carbocycles. The summed E-state index contributed by atoms with van der Waals surface area (Å²) in [4.78, 5) is 0. The van der Waals surface area contributed by atoms with Crippen molar-refractivity contribution < 1.29 is 4.74 Å². The zero-order valence-corrected chi connectivity index (χ0v) is 12.4. The molecule has 2 nitrogen and oxygen atoms in total. The van der Waals surface area contributed by atoms with E-state index in [1.807, 2.05) is 0 Å². The molecule has 1 fully saturated rings. The van der Waals surface area contributed by atoms with Crippen molar-refractivity contribution in [2.45, 2.75) is 72.4 Å². The van der Waals surface area contributed by atoms with Crippen molar-refractivity contribution >= 4 is 0 Å². The van der Waals surface area contributed by atoms with Crippen molar-refractivity contribution in [3.8, 4) is 0 Å². The minimum absolute atomic E-state index is 0.348. The third kappa shape index (κ3) is 5.39. The molecule has 0 aromatic carbocycles. The van der Waals surface area contributed by atoms with E-state index >= 15 is 0 Å². The van der Waals surface area contributed by atoms with Gasteiger partial charge in [0.25, 0.3) is 0 Å². The number of rotatable bonds is 5. The SMILES string of the molecule is CCOC(C)CNC1CCC(C(C)(C)C)CC1. The number of nitrogens with one attached hydrogen (secondary N) is 1. The molecule has 1 rings (SSSR count). The fourth-order valence-electron chi connectivity index (χ4n) is 2.84. The average molecular weight is 241 g/mol. The third-order valence-corrected chi connectivity index (χ3v) is 4.10. The summed E-state index contributed by atoms with van der Waals surface area (Å²) in [6.07, 6.45) is 5.77. The molecule has 1 aliphatic carbocycles. The van der Waals surface area contributed by atoms with Crippen LogP contribution in [-0.2, 0) is 4.74 Å². The lowest BCUT2D eigenvalue weighted by Crippen LogP contribution is -2.39. The summed E-state index contributed by atoms with van der Waals surface area (Å²) in [5, 5.41) is 3.65. The van der Waals surface area contributed by atoms with Gasteiger partial charge in [-0.05, 0) is 50.9 Å². The first-order valence-electron chi connectivity index (χ1n) is 7.28. The Hall–Kier alpha value is -0.0800. The van der Waals surface area contributed by atoms with Gasteiger partial charge in [0, 0.05) is 19.2 Å². The predicted molar refractivity (Wildman–Crippen MR) is 74.3 cm³/mol. The summed E-state index contributed by atoms with van der Waals surface area (Å²) in [6.45, 7) is 13.2. The standard InChI is InChI=1S/C15H31NO/c1-6-17-12(2)11-16-14-9-7-13(8-10-14)15(3,4)5/h12-14,16H,6-11H2,1-5H3. The summed E-state index contributed by atoms with van der Waals surface area (Å²) in [5.41, 5.74) is 0.490. The quantitative estimate of drug-likeness (QED) is 0.794. The van der Waals surface area contributed by atoms with E-state index in [-0.39, 0.29) is 0 Å². The normalized spacial score (nSPS) is 28.1. The first-order chi connectivity index (χ1) is 7.93. The largest absolute Gasteiger partial charge is 0.377 e. The maximum Gasteiger partial charge on any atom is 0.0671 e. The van der Waals surface area contributed by atoms with Crippen LogP contribution in [0.3, 0.4) is 0 Å². The fourth-order valence-corrected chi connectivity index (χ4v) is 2.84. The van der Waals surface area contributed by atoms with Gasteiger partial charge in [0.1, 0.15) is 0 Å². The molecule has 0 aliphatic heterocycles. The summed E-state index contributed by atoms with van der Waals surface area (Å²) in [7, 11) is 0. The Bertz CT molecular complexity index is 201. The van der Waals surface area contributed by atoms with Crippen LogP contribution in [0.25, 0.3) is 0 Å². The Morgan fingerprint density at radius 3 is 2.24 bits per heavy atom. The van der Waals surface area contributed by atoms with Crippen LogP contribution in [-0.4, -0.2) is 25.3 Å². The van der Waals surface area contributed by atoms with E-state index in [0.717, 1.165) is 25.1 Å². The summed E-state index contributed by atoms with van der Waals surface area (Å²) in [6, 6.07) is 0.719. The van der Waals surface area contributed by atoms with Gasteiger partial charge >= 0.3 is 0 Å².